The minimum atomic E-state index is -4.04. The van der Waals surface area contributed by atoms with Crippen LogP contribution in [0.15, 0.2) is 12.7 Å². The zero-order chi connectivity index (χ0) is 26.3. The van der Waals surface area contributed by atoms with E-state index in [4.69, 9.17) is 33.8 Å². The molecule has 2 aromatic heterocycles. The van der Waals surface area contributed by atoms with E-state index in [1.54, 1.807) is 41.5 Å². The van der Waals surface area contributed by atoms with Crippen LogP contribution in [0, 0.1) is 0 Å². The van der Waals surface area contributed by atoms with Gasteiger partial charge in [0.05, 0.1) is 6.61 Å². The number of hydrogen-bond donors (Lipinski definition) is 1. The summed E-state index contributed by atoms with van der Waals surface area (Å²) in [5.41, 5.74) is 4.95. The van der Waals surface area contributed by atoms with Crippen LogP contribution in [0.3, 0.4) is 0 Å². The fourth-order valence-corrected chi connectivity index (χ4v) is 3.63. The van der Waals surface area contributed by atoms with E-state index < -0.39 is 50.3 Å². The number of esters is 2. The summed E-state index contributed by atoms with van der Waals surface area (Å²) in [5, 5.41) is 0. The predicted octanol–water partition coefficient (Wildman–Crippen LogP) is 1.72. The molecule has 0 aromatic carbocycles. The van der Waals surface area contributed by atoms with Crippen molar-refractivity contribution < 1.29 is 42.2 Å². The number of rotatable bonds is 12. The number of anilines is 1. The molecule has 0 aliphatic carbocycles. The Morgan fingerprint density at radius 2 is 1.51 bits per heavy atom. The Morgan fingerprint density at radius 1 is 0.943 bits per heavy atom. The summed E-state index contributed by atoms with van der Waals surface area (Å²) in [6.45, 7) is 8.70. The number of nitrogens with zero attached hydrogens (tertiary/aromatic N) is 4. The van der Waals surface area contributed by atoms with Gasteiger partial charge in [-0.1, -0.05) is 0 Å². The summed E-state index contributed by atoms with van der Waals surface area (Å²) < 4.78 is 40.4. The van der Waals surface area contributed by atoms with Gasteiger partial charge in [-0.05, 0) is 41.5 Å². The SMILES string of the molecule is CC(C)(C)OC(=O)COP(=O)(COCCOn1cnc2c(N)ncnc21)OCC(=O)OC(C)(C)C. The molecule has 15 heteroatoms. The molecule has 0 saturated carbocycles. The van der Waals surface area contributed by atoms with Gasteiger partial charge in [-0.3, -0.25) is 13.6 Å². The summed E-state index contributed by atoms with van der Waals surface area (Å²) in [6.07, 6.45) is 2.09. The monoisotopic (exact) mass is 517 g/mol. The maximum absolute atomic E-state index is 13.1. The van der Waals surface area contributed by atoms with Crippen LogP contribution in [0.4, 0.5) is 5.82 Å². The molecule has 0 bridgehead atoms. The quantitative estimate of drug-likeness (QED) is 0.245. The molecule has 2 aromatic rings. The molecule has 14 nitrogen and oxygen atoms in total. The second-order valence-corrected chi connectivity index (χ2v) is 11.2. The van der Waals surface area contributed by atoms with Gasteiger partial charge in [0.15, 0.2) is 24.5 Å². The highest BCUT2D eigenvalue weighted by atomic mass is 31.2. The van der Waals surface area contributed by atoms with Crippen molar-refractivity contribution in [3.8, 4) is 0 Å². The maximum Gasteiger partial charge on any atom is 0.357 e. The second kappa shape index (κ2) is 11.8. The number of carbonyl (C=O) groups is 2. The van der Waals surface area contributed by atoms with Crippen molar-refractivity contribution in [3.63, 3.8) is 0 Å². The van der Waals surface area contributed by atoms with Gasteiger partial charge in [0.2, 0.25) is 5.65 Å². The summed E-state index contributed by atoms with van der Waals surface area (Å²) in [5.74, 6) is -1.30. The fourth-order valence-electron chi connectivity index (χ4n) is 2.45. The molecule has 0 aliphatic heterocycles. The van der Waals surface area contributed by atoms with Gasteiger partial charge >= 0.3 is 19.5 Å². The van der Waals surface area contributed by atoms with Crippen molar-refractivity contribution in [1.29, 1.82) is 0 Å². The molecule has 35 heavy (non-hydrogen) atoms. The third-order valence-electron chi connectivity index (χ3n) is 3.64. The standard InChI is InChI=1S/C20H32N5O9P/c1-19(2,3)33-14(26)9-31-35(28,32-10-15(27)34-20(4,5)6)13-29-7-8-30-25-12-24-16-17(21)22-11-23-18(16)25/h11-12H,7-10,13H2,1-6H3,(H2,21,22,23). The molecule has 0 aliphatic rings. The minimum Gasteiger partial charge on any atom is -0.458 e. The second-order valence-electron chi connectivity index (χ2n) is 9.20. The normalized spacial score (nSPS) is 12.5. The van der Waals surface area contributed by atoms with Crippen LogP contribution in [-0.2, 0) is 37.4 Å². The highest BCUT2D eigenvalue weighted by Crippen LogP contribution is 2.48. The Labute approximate surface area is 202 Å². The molecule has 0 spiro atoms. The van der Waals surface area contributed by atoms with Crippen molar-refractivity contribution in [3.05, 3.63) is 12.7 Å². The highest BCUT2D eigenvalue weighted by molar-refractivity contribution is 7.53. The number of aromatic nitrogens is 4. The Morgan fingerprint density at radius 3 is 2.06 bits per heavy atom. The van der Waals surface area contributed by atoms with Gasteiger partial charge in [-0.2, -0.15) is 4.73 Å². The van der Waals surface area contributed by atoms with Crippen LogP contribution in [-0.4, -0.2) is 75.6 Å². The molecule has 196 valence electrons. The van der Waals surface area contributed by atoms with E-state index in [1.807, 2.05) is 0 Å². The Balaban J connectivity index is 1.90. The van der Waals surface area contributed by atoms with Gasteiger partial charge < -0.3 is 24.8 Å². The maximum atomic E-state index is 13.1. The van der Waals surface area contributed by atoms with Gasteiger partial charge in [-0.15, -0.1) is 0 Å². The first-order chi connectivity index (χ1) is 16.2. The first-order valence-electron chi connectivity index (χ1n) is 10.6. The number of carbonyl (C=O) groups excluding carboxylic acids is 2. The summed E-state index contributed by atoms with van der Waals surface area (Å²) in [6, 6.07) is 0. The van der Waals surface area contributed by atoms with E-state index in [0.717, 1.165) is 0 Å². The molecule has 0 saturated heterocycles. The average Bonchev–Trinajstić information content (AvgIpc) is 3.13. The largest absolute Gasteiger partial charge is 0.458 e. The first-order valence-corrected chi connectivity index (χ1v) is 12.4. The average molecular weight is 517 g/mol. The first kappa shape index (κ1) is 28.4. The topological polar surface area (TPSA) is 176 Å². The molecule has 0 unspecified atom stereocenters. The minimum absolute atomic E-state index is 0.00744. The summed E-state index contributed by atoms with van der Waals surface area (Å²) in [7, 11) is -4.04. The molecular weight excluding hydrogens is 485 g/mol. The summed E-state index contributed by atoms with van der Waals surface area (Å²) in [4.78, 5) is 41.4. The van der Waals surface area contributed by atoms with Crippen LogP contribution in [0.25, 0.3) is 11.2 Å². The Kier molecular flexibility index (Phi) is 9.55. The van der Waals surface area contributed by atoms with Crippen molar-refractivity contribution in [2.45, 2.75) is 52.7 Å². The van der Waals surface area contributed by atoms with Gasteiger partial charge in [-0.25, -0.2) is 24.5 Å². The smallest absolute Gasteiger partial charge is 0.357 e. The van der Waals surface area contributed by atoms with Crippen molar-refractivity contribution in [1.82, 2.24) is 19.7 Å². The van der Waals surface area contributed by atoms with E-state index in [1.165, 1.54) is 17.4 Å². The van der Waals surface area contributed by atoms with Crippen LogP contribution in [0.5, 0.6) is 0 Å². The van der Waals surface area contributed by atoms with Crippen molar-refractivity contribution in [2.75, 3.05) is 38.5 Å². The molecule has 2 N–H and O–H groups in total. The van der Waals surface area contributed by atoms with Crippen molar-refractivity contribution in [2.24, 2.45) is 0 Å². The number of ether oxygens (including phenoxy) is 3. The van der Waals surface area contributed by atoms with E-state index in [9.17, 15) is 14.2 Å². The van der Waals surface area contributed by atoms with Crippen LogP contribution in [0.1, 0.15) is 41.5 Å². The van der Waals surface area contributed by atoms with E-state index >= 15 is 0 Å². The Bertz CT molecular complexity index is 1030. The van der Waals surface area contributed by atoms with Crippen LogP contribution < -0.4 is 10.6 Å². The third kappa shape index (κ3) is 10.1. The zero-order valence-electron chi connectivity index (χ0n) is 20.7. The predicted molar refractivity (Wildman–Crippen MR) is 123 cm³/mol. The van der Waals surface area contributed by atoms with E-state index in [2.05, 4.69) is 15.0 Å². The third-order valence-corrected chi connectivity index (χ3v) is 5.18. The molecular formula is C20H32N5O9P. The molecule has 0 fully saturated rings. The van der Waals surface area contributed by atoms with Gasteiger partial charge in [0.25, 0.3) is 0 Å². The molecule has 2 rings (SSSR count). The molecule has 0 radical (unpaired) electrons. The van der Waals surface area contributed by atoms with E-state index in [0.29, 0.717) is 11.2 Å². The Hall–Kier alpha value is -2.80. The number of hydrogen-bond acceptors (Lipinski definition) is 13. The summed E-state index contributed by atoms with van der Waals surface area (Å²) >= 11 is 0. The number of nitrogens with two attached hydrogens (primary N) is 1. The molecule has 0 amide bonds. The lowest BCUT2D eigenvalue weighted by Crippen LogP contribution is -2.28. The number of imidazole rings is 1. The lowest BCUT2D eigenvalue weighted by Gasteiger charge is -2.23. The molecule has 0 atom stereocenters. The lowest BCUT2D eigenvalue weighted by molar-refractivity contribution is -0.158. The van der Waals surface area contributed by atoms with Gasteiger partial charge in [0, 0.05) is 0 Å². The lowest BCUT2D eigenvalue weighted by atomic mass is 10.2. The number of nitrogen functional groups attached to an aromatic ring is 1. The van der Waals surface area contributed by atoms with Crippen LogP contribution >= 0.6 is 7.60 Å². The van der Waals surface area contributed by atoms with E-state index in [-0.39, 0.29) is 19.0 Å². The van der Waals surface area contributed by atoms with Crippen LogP contribution in [0.2, 0.25) is 0 Å². The van der Waals surface area contributed by atoms with Crippen molar-refractivity contribution >= 4 is 36.5 Å². The fraction of sp³-hybridized carbons (Fsp3) is 0.650. The highest BCUT2D eigenvalue weighted by Gasteiger charge is 2.30. The van der Waals surface area contributed by atoms with Gasteiger partial charge in [0.1, 0.15) is 36.8 Å². The molecule has 2 heterocycles. The number of fused-ring (bicyclic) bond motifs is 1. The zero-order valence-corrected chi connectivity index (χ0v) is 21.6.